The Labute approximate surface area is 190 Å². The van der Waals surface area contributed by atoms with E-state index in [1.54, 1.807) is 29.6 Å². The van der Waals surface area contributed by atoms with E-state index in [2.05, 4.69) is 4.98 Å². The van der Waals surface area contributed by atoms with Crippen LogP contribution >= 0.6 is 22.9 Å². The van der Waals surface area contributed by atoms with Crippen molar-refractivity contribution in [3.05, 3.63) is 71.8 Å². The van der Waals surface area contributed by atoms with Crippen LogP contribution in [0.1, 0.15) is 18.9 Å². The van der Waals surface area contributed by atoms with Gasteiger partial charge in [-0.05, 0) is 43.2 Å². The number of rotatable bonds is 9. The maximum atomic E-state index is 13.3. The number of halogens is 1. The van der Waals surface area contributed by atoms with Crippen molar-refractivity contribution in [2.45, 2.75) is 26.3 Å². The Morgan fingerprint density at radius 2 is 2.06 bits per heavy atom. The van der Waals surface area contributed by atoms with Gasteiger partial charge in [0.15, 0.2) is 5.13 Å². The van der Waals surface area contributed by atoms with Crippen LogP contribution in [0.5, 0.6) is 5.75 Å². The molecule has 0 saturated heterocycles. The van der Waals surface area contributed by atoms with Crippen molar-refractivity contribution in [2.24, 2.45) is 0 Å². The Morgan fingerprint density at radius 1 is 1.23 bits per heavy atom. The molecule has 2 aromatic heterocycles. The summed E-state index contributed by atoms with van der Waals surface area (Å²) in [6.45, 7) is 3.86. The van der Waals surface area contributed by atoms with Gasteiger partial charge in [-0.2, -0.15) is 0 Å². The zero-order valence-corrected chi connectivity index (χ0v) is 18.8. The molecule has 0 spiro atoms. The molecule has 6 nitrogen and oxygen atoms in total. The highest BCUT2D eigenvalue weighted by atomic mass is 35.5. The molecule has 0 fully saturated rings. The average molecular weight is 455 g/mol. The summed E-state index contributed by atoms with van der Waals surface area (Å²) in [5.74, 6) is 0.746. The molecule has 0 N–H and O–H groups in total. The van der Waals surface area contributed by atoms with Gasteiger partial charge in [-0.3, -0.25) is 9.69 Å². The van der Waals surface area contributed by atoms with Gasteiger partial charge in [0.05, 0.1) is 24.1 Å². The van der Waals surface area contributed by atoms with Gasteiger partial charge in [0.1, 0.15) is 11.3 Å². The number of aryl methyl sites for hydroxylation is 1. The van der Waals surface area contributed by atoms with E-state index in [1.165, 1.54) is 11.3 Å². The number of ether oxygens (including phenoxy) is 1. The molecule has 2 aromatic carbocycles. The molecular formula is C23H23ClN4O2S. The maximum absolute atomic E-state index is 13.3. The van der Waals surface area contributed by atoms with E-state index in [0.717, 1.165) is 34.5 Å². The van der Waals surface area contributed by atoms with Gasteiger partial charge >= 0.3 is 0 Å². The maximum Gasteiger partial charge on any atom is 0.233 e. The van der Waals surface area contributed by atoms with Gasteiger partial charge in [-0.1, -0.05) is 41.1 Å². The van der Waals surface area contributed by atoms with Crippen molar-refractivity contribution in [1.82, 2.24) is 14.5 Å². The monoisotopic (exact) mass is 454 g/mol. The predicted octanol–water partition coefficient (Wildman–Crippen LogP) is 5.21. The second-order valence-corrected chi connectivity index (χ2v) is 8.48. The van der Waals surface area contributed by atoms with Crippen molar-refractivity contribution in [3.63, 3.8) is 0 Å². The number of aromatic nitrogens is 3. The summed E-state index contributed by atoms with van der Waals surface area (Å²) in [6.07, 6.45) is 6.54. The smallest absolute Gasteiger partial charge is 0.233 e. The van der Waals surface area contributed by atoms with Crippen molar-refractivity contribution in [3.8, 4) is 5.75 Å². The highest BCUT2D eigenvalue weighted by Crippen LogP contribution is 2.34. The number of benzene rings is 2. The molecule has 8 heteroatoms. The zero-order chi connectivity index (χ0) is 21.6. The third-order valence-electron chi connectivity index (χ3n) is 4.83. The molecule has 0 unspecified atom stereocenters. The molecule has 0 aliphatic carbocycles. The molecule has 0 radical (unpaired) electrons. The second-order valence-electron chi connectivity index (χ2n) is 7.04. The lowest BCUT2D eigenvalue weighted by Crippen LogP contribution is -2.33. The first kappa shape index (κ1) is 21.3. The summed E-state index contributed by atoms with van der Waals surface area (Å²) in [5, 5.41) is 1.34. The standard InChI is InChI=1S/C23H23ClN4O2S/c1-2-30-19-5-3-6-20-22(19)26-23(31-20)28(13-4-12-27-14-11-25-16-27)21(29)15-17-7-9-18(24)10-8-17/h3,5-11,14,16H,2,4,12-13,15H2,1H3. The summed E-state index contributed by atoms with van der Waals surface area (Å²) >= 11 is 7.50. The minimum absolute atomic E-state index is 0.00460. The van der Waals surface area contributed by atoms with Gasteiger partial charge in [-0.15, -0.1) is 0 Å². The number of para-hydroxylation sites is 1. The fourth-order valence-corrected chi connectivity index (χ4v) is 4.48. The number of thiazole rings is 1. The van der Waals surface area contributed by atoms with Crippen LogP contribution in [0.25, 0.3) is 10.2 Å². The van der Waals surface area contributed by atoms with Crippen LogP contribution in [0, 0.1) is 0 Å². The molecule has 0 atom stereocenters. The van der Waals surface area contributed by atoms with Crippen LogP contribution in [-0.4, -0.2) is 33.6 Å². The molecule has 2 heterocycles. The van der Waals surface area contributed by atoms with Crippen molar-refractivity contribution >= 4 is 44.2 Å². The van der Waals surface area contributed by atoms with Crippen LogP contribution in [0.3, 0.4) is 0 Å². The van der Waals surface area contributed by atoms with Crippen LogP contribution in [0.2, 0.25) is 5.02 Å². The topological polar surface area (TPSA) is 60.2 Å². The SMILES string of the molecule is CCOc1cccc2sc(N(CCCn3ccnc3)C(=O)Cc3ccc(Cl)cc3)nc12. The summed E-state index contributed by atoms with van der Waals surface area (Å²) in [6, 6.07) is 13.2. The van der Waals surface area contributed by atoms with Gasteiger partial charge in [0.25, 0.3) is 0 Å². The molecule has 0 aliphatic heterocycles. The minimum Gasteiger partial charge on any atom is -0.492 e. The van der Waals surface area contributed by atoms with E-state index in [1.807, 2.05) is 48.0 Å². The van der Waals surface area contributed by atoms with Crippen LogP contribution < -0.4 is 9.64 Å². The number of carbonyl (C=O) groups is 1. The third kappa shape index (κ3) is 5.24. The number of amides is 1. The van der Waals surface area contributed by atoms with Gasteiger partial charge in [0.2, 0.25) is 5.91 Å². The van der Waals surface area contributed by atoms with Crippen molar-refractivity contribution in [2.75, 3.05) is 18.1 Å². The fraction of sp³-hybridized carbons (Fsp3) is 0.261. The van der Waals surface area contributed by atoms with Crippen molar-refractivity contribution < 1.29 is 9.53 Å². The number of fused-ring (bicyclic) bond motifs is 1. The molecule has 0 aliphatic rings. The van der Waals surface area contributed by atoms with Crippen LogP contribution in [-0.2, 0) is 17.8 Å². The zero-order valence-electron chi connectivity index (χ0n) is 17.2. The first-order valence-corrected chi connectivity index (χ1v) is 11.4. The summed E-state index contributed by atoms with van der Waals surface area (Å²) in [5.41, 5.74) is 1.72. The molecule has 0 bridgehead atoms. The molecule has 160 valence electrons. The lowest BCUT2D eigenvalue weighted by atomic mass is 10.1. The second kappa shape index (κ2) is 9.94. The molecule has 0 saturated carbocycles. The summed E-state index contributed by atoms with van der Waals surface area (Å²) < 4.78 is 8.73. The first-order chi connectivity index (χ1) is 15.1. The van der Waals surface area contributed by atoms with E-state index >= 15 is 0 Å². The number of imidazole rings is 1. The quantitative estimate of drug-likeness (QED) is 0.348. The Bertz CT molecular complexity index is 1140. The Balaban J connectivity index is 1.59. The first-order valence-electron chi connectivity index (χ1n) is 10.2. The number of hydrogen-bond donors (Lipinski definition) is 0. The van der Waals surface area contributed by atoms with E-state index < -0.39 is 0 Å². The summed E-state index contributed by atoms with van der Waals surface area (Å²) in [4.78, 5) is 23.9. The Morgan fingerprint density at radius 3 is 2.81 bits per heavy atom. The lowest BCUT2D eigenvalue weighted by Gasteiger charge is -2.20. The average Bonchev–Trinajstić information content (AvgIpc) is 3.43. The highest BCUT2D eigenvalue weighted by Gasteiger charge is 2.21. The predicted molar refractivity (Wildman–Crippen MR) is 125 cm³/mol. The fourth-order valence-electron chi connectivity index (χ4n) is 3.33. The summed E-state index contributed by atoms with van der Waals surface area (Å²) in [7, 11) is 0. The Kier molecular flexibility index (Phi) is 6.84. The van der Waals surface area contributed by atoms with Crippen LogP contribution in [0.4, 0.5) is 5.13 Å². The third-order valence-corrected chi connectivity index (χ3v) is 6.12. The molecule has 1 amide bonds. The van der Waals surface area contributed by atoms with E-state index in [0.29, 0.717) is 23.3 Å². The van der Waals surface area contributed by atoms with Gasteiger partial charge in [0, 0.05) is 30.5 Å². The number of carbonyl (C=O) groups excluding carboxylic acids is 1. The normalized spacial score (nSPS) is 11.0. The Hall–Kier alpha value is -2.90. The van der Waals surface area contributed by atoms with Crippen molar-refractivity contribution in [1.29, 1.82) is 0 Å². The van der Waals surface area contributed by atoms with Gasteiger partial charge in [-0.25, -0.2) is 9.97 Å². The highest BCUT2D eigenvalue weighted by molar-refractivity contribution is 7.22. The molecule has 4 rings (SSSR count). The number of anilines is 1. The van der Waals surface area contributed by atoms with Crippen LogP contribution in [0.15, 0.2) is 61.2 Å². The molecule has 4 aromatic rings. The van der Waals surface area contributed by atoms with E-state index in [4.69, 9.17) is 21.3 Å². The number of nitrogens with zero attached hydrogens (tertiary/aromatic N) is 4. The minimum atomic E-state index is 0.00460. The lowest BCUT2D eigenvalue weighted by molar-refractivity contribution is -0.118. The van der Waals surface area contributed by atoms with Gasteiger partial charge < -0.3 is 9.30 Å². The molecular weight excluding hydrogens is 432 g/mol. The van der Waals surface area contributed by atoms with E-state index in [9.17, 15) is 4.79 Å². The number of hydrogen-bond acceptors (Lipinski definition) is 5. The molecule has 31 heavy (non-hydrogen) atoms. The largest absolute Gasteiger partial charge is 0.492 e. The van der Waals surface area contributed by atoms with E-state index in [-0.39, 0.29) is 12.3 Å².